The van der Waals surface area contributed by atoms with E-state index in [2.05, 4.69) is 32.1 Å². The molecule has 1 saturated heterocycles. The van der Waals surface area contributed by atoms with E-state index in [1.165, 1.54) is 25.9 Å². The van der Waals surface area contributed by atoms with E-state index in [4.69, 9.17) is 19.0 Å². The van der Waals surface area contributed by atoms with Gasteiger partial charge in [0.25, 0.3) is 0 Å². The Labute approximate surface area is 239 Å². The molecule has 0 bridgehead atoms. The smallest absolute Gasteiger partial charge is 0.407 e. The minimum Gasteiger partial charge on any atom is -0.473 e. The largest absolute Gasteiger partial charge is 0.473 e. The fraction of sp³-hybridized carbons (Fsp3) is 0.533. The summed E-state index contributed by atoms with van der Waals surface area (Å²) in [5, 5.41) is 8.56. The first-order valence-corrected chi connectivity index (χ1v) is 14.6. The number of pyridine rings is 1. The Morgan fingerprint density at radius 3 is 2.76 bits per heavy atom. The molecule has 11 nitrogen and oxygen atoms in total. The zero-order valence-corrected chi connectivity index (χ0v) is 24.3. The first-order valence-electron chi connectivity index (χ1n) is 14.6. The lowest BCUT2D eigenvalue weighted by molar-refractivity contribution is 0.0352. The second-order valence-corrected chi connectivity index (χ2v) is 12.1. The molecule has 41 heavy (non-hydrogen) atoms. The zero-order chi connectivity index (χ0) is 28.6. The highest BCUT2D eigenvalue weighted by Crippen LogP contribution is 2.33. The molecular weight excluding hydrogens is 522 g/mol. The second-order valence-electron chi connectivity index (χ2n) is 12.1. The fourth-order valence-corrected chi connectivity index (χ4v) is 5.53. The quantitative estimate of drug-likeness (QED) is 0.305. The van der Waals surface area contributed by atoms with Crippen molar-refractivity contribution >= 4 is 28.5 Å². The van der Waals surface area contributed by atoms with Crippen LogP contribution in [0.15, 0.2) is 41.1 Å². The molecule has 1 aliphatic heterocycles. The number of fused-ring (bicyclic) bond motifs is 2. The van der Waals surface area contributed by atoms with Crippen LogP contribution in [-0.2, 0) is 4.74 Å². The summed E-state index contributed by atoms with van der Waals surface area (Å²) < 4.78 is 19.5. The summed E-state index contributed by atoms with van der Waals surface area (Å²) >= 11 is 0. The number of furan rings is 1. The Hall–Kier alpha value is -3.86. The molecule has 11 heteroatoms. The van der Waals surface area contributed by atoms with Crippen LogP contribution in [-0.4, -0.2) is 81.5 Å². The third-order valence-corrected chi connectivity index (χ3v) is 7.65. The molecule has 1 saturated carbocycles. The number of amides is 1. The van der Waals surface area contributed by atoms with Gasteiger partial charge in [0.15, 0.2) is 11.4 Å². The van der Waals surface area contributed by atoms with Gasteiger partial charge < -0.3 is 29.0 Å². The van der Waals surface area contributed by atoms with Crippen molar-refractivity contribution in [3.8, 4) is 17.3 Å². The number of imidazole rings is 1. The number of nitrogens with one attached hydrogen (secondary N) is 1. The molecule has 218 valence electrons. The number of carbonyl (C=O) groups is 1. The van der Waals surface area contributed by atoms with Gasteiger partial charge in [-0.3, -0.25) is 0 Å². The van der Waals surface area contributed by atoms with Crippen LogP contribution in [0, 0.1) is 0 Å². The summed E-state index contributed by atoms with van der Waals surface area (Å²) in [5.74, 6) is 2.07. The van der Waals surface area contributed by atoms with Gasteiger partial charge >= 0.3 is 6.09 Å². The van der Waals surface area contributed by atoms with E-state index in [-0.39, 0.29) is 12.1 Å². The van der Waals surface area contributed by atoms with Gasteiger partial charge in [0, 0.05) is 44.7 Å². The first-order chi connectivity index (χ1) is 19.7. The molecule has 0 aromatic carbocycles. The van der Waals surface area contributed by atoms with Crippen molar-refractivity contribution in [2.75, 3.05) is 38.1 Å². The Bertz CT molecular complexity index is 1510. The number of alkyl carbamates (subject to hydrolysis) is 1. The van der Waals surface area contributed by atoms with Crippen LogP contribution < -0.4 is 15.0 Å². The maximum absolute atomic E-state index is 12.0. The van der Waals surface area contributed by atoms with E-state index in [0.717, 1.165) is 42.0 Å². The highest BCUT2D eigenvalue weighted by Gasteiger charge is 2.33. The van der Waals surface area contributed by atoms with Crippen molar-refractivity contribution in [2.24, 2.45) is 0 Å². The maximum Gasteiger partial charge on any atom is 0.407 e. The summed E-state index contributed by atoms with van der Waals surface area (Å²) in [6, 6.07) is 7.64. The van der Waals surface area contributed by atoms with Crippen molar-refractivity contribution in [3.05, 3.63) is 36.7 Å². The molecule has 0 spiro atoms. The molecule has 2 aliphatic rings. The van der Waals surface area contributed by atoms with Crippen LogP contribution in [0.1, 0.15) is 52.9 Å². The van der Waals surface area contributed by atoms with E-state index < -0.39 is 11.7 Å². The molecule has 1 amide bonds. The average Bonchev–Trinajstić information content (AvgIpc) is 3.65. The molecule has 4 aromatic heterocycles. The Morgan fingerprint density at radius 2 is 1.98 bits per heavy atom. The monoisotopic (exact) mass is 561 g/mol. The number of likely N-dealkylation sites (tertiary alicyclic amines) is 1. The van der Waals surface area contributed by atoms with Crippen LogP contribution >= 0.6 is 0 Å². The number of carbonyl (C=O) groups excluding carboxylic acids is 1. The topological polar surface area (TPSA) is 110 Å². The minimum absolute atomic E-state index is 0.0269. The van der Waals surface area contributed by atoms with Gasteiger partial charge in [-0.2, -0.15) is 0 Å². The van der Waals surface area contributed by atoms with Crippen molar-refractivity contribution < 1.29 is 18.7 Å². The summed E-state index contributed by atoms with van der Waals surface area (Å²) in [6.07, 6.45) is 8.24. The first kappa shape index (κ1) is 27.3. The number of hydrogen-bond acceptors (Lipinski definition) is 9. The van der Waals surface area contributed by atoms with Gasteiger partial charge in [0.1, 0.15) is 28.8 Å². The lowest BCUT2D eigenvalue weighted by Gasteiger charge is -2.35. The van der Waals surface area contributed by atoms with Gasteiger partial charge in [0.05, 0.1) is 11.6 Å². The summed E-state index contributed by atoms with van der Waals surface area (Å²) in [6.45, 7) is 10.0. The number of ether oxygens (including phenoxy) is 2. The maximum atomic E-state index is 12.0. The Balaban J connectivity index is 1.13. The van der Waals surface area contributed by atoms with E-state index in [1.54, 1.807) is 16.9 Å². The number of rotatable bonds is 9. The lowest BCUT2D eigenvalue weighted by atomic mass is 9.89. The van der Waals surface area contributed by atoms with Crippen molar-refractivity contribution in [2.45, 2.75) is 70.6 Å². The van der Waals surface area contributed by atoms with Crippen molar-refractivity contribution in [1.82, 2.24) is 29.8 Å². The summed E-state index contributed by atoms with van der Waals surface area (Å²) in [5.41, 5.74) is 1.69. The molecule has 5 heterocycles. The molecule has 0 atom stereocenters. The van der Waals surface area contributed by atoms with E-state index in [1.807, 2.05) is 45.0 Å². The third-order valence-electron chi connectivity index (χ3n) is 7.65. The summed E-state index contributed by atoms with van der Waals surface area (Å²) in [4.78, 5) is 26.0. The highest BCUT2D eigenvalue weighted by atomic mass is 16.6. The van der Waals surface area contributed by atoms with Crippen LogP contribution in [0.4, 0.5) is 10.6 Å². The molecule has 1 aliphatic carbocycles. The van der Waals surface area contributed by atoms with Gasteiger partial charge in [-0.05, 0) is 77.9 Å². The fourth-order valence-electron chi connectivity index (χ4n) is 5.53. The normalized spacial score (nSPS) is 19.4. The number of anilines is 1. The Morgan fingerprint density at radius 1 is 1.17 bits per heavy atom. The van der Waals surface area contributed by atoms with Gasteiger partial charge in [-0.1, -0.05) is 0 Å². The predicted octanol–water partition coefficient (Wildman–Crippen LogP) is 4.89. The molecular formula is C30H39N7O4. The molecule has 2 fully saturated rings. The standard InChI is InChI=1S/C30H39N7O4/c1-30(2,3)41-29(38)33-20-16-21(17-20)39-27-9-8-26-32-19-23(37(26)34-27)25-18-22-24(40-25)10-11-31-28(22)35(4)12-7-15-36-13-5-6-14-36/h8-11,18-21H,5-7,12-17H2,1-4H3,(H,33,38). The average molecular weight is 562 g/mol. The zero-order valence-electron chi connectivity index (χ0n) is 24.3. The van der Waals surface area contributed by atoms with Gasteiger partial charge in [0.2, 0.25) is 5.88 Å². The highest BCUT2D eigenvalue weighted by molar-refractivity contribution is 5.91. The van der Waals surface area contributed by atoms with Crippen LogP contribution in [0.3, 0.4) is 0 Å². The minimum atomic E-state index is -0.521. The van der Waals surface area contributed by atoms with Gasteiger partial charge in [-0.25, -0.2) is 19.3 Å². The van der Waals surface area contributed by atoms with E-state index in [9.17, 15) is 4.79 Å². The number of nitrogens with zero attached hydrogens (tertiary/aromatic N) is 6. The molecule has 6 rings (SSSR count). The molecule has 0 unspecified atom stereocenters. The SMILES string of the molecule is CN(CCCN1CCCC1)c1nccc2oc(-c3cnc4ccc(OC5CC(NC(=O)OC(C)(C)C)C5)nn34)cc12. The van der Waals surface area contributed by atoms with Crippen LogP contribution in [0.25, 0.3) is 28.1 Å². The molecule has 1 N–H and O–H groups in total. The van der Waals surface area contributed by atoms with Crippen LogP contribution in [0.5, 0.6) is 5.88 Å². The lowest BCUT2D eigenvalue weighted by Crippen LogP contribution is -2.50. The van der Waals surface area contributed by atoms with Crippen molar-refractivity contribution in [3.63, 3.8) is 0 Å². The van der Waals surface area contributed by atoms with Crippen LogP contribution in [0.2, 0.25) is 0 Å². The third kappa shape index (κ3) is 6.24. The van der Waals surface area contributed by atoms with Crippen molar-refractivity contribution in [1.29, 1.82) is 0 Å². The predicted molar refractivity (Wildman–Crippen MR) is 156 cm³/mol. The second kappa shape index (κ2) is 11.2. The number of aromatic nitrogens is 4. The summed E-state index contributed by atoms with van der Waals surface area (Å²) in [7, 11) is 2.09. The number of hydrogen-bond donors (Lipinski definition) is 1. The van der Waals surface area contributed by atoms with Gasteiger partial charge in [-0.15, -0.1) is 5.10 Å². The molecule has 0 radical (unpaired) electrons. The van der Waals surface area contributed by atoms with E-state index >= 15 is 0 Å². The Kier molecular flexibility index (Phi) is 7.46. The molecule has 4 aromatic rings. The van der Waals surface area contributed by atoms with E-state index in [0.29, 0.717) is 30.1 Å².